The van der Waals surface area contributed by atoms with E-state index in [0.717, 1.165) is 25.7 Å². The lowest BCUT2D eigenvalue weighted by Crippen LogP contribution is -2.14. The summed E-state index contributed by atoms with van der Waals surface area (Å²) in [5.74, 6) is -0.00954. The van der Waals surface area contributed by atoms with Crippen molar-refractivity contribution >= 4 is 5.97 Å². The van der Waals surface area contributed by atoms with Crippen LogP contribution >= 0.6 is 0 Å². The highest BCUT2D eigenvalue weighted by atomic mass is 16.5. The number of hydrogen-bond donors (Lipinski definition) is 0. The first kappa shape index (κ1) is 24.2. The van der Waals surface area contributed by atoms with Crippen LogP contribution in [0.1, 0.15) is 124 Å². The Morgan fingerprint density at radius 2 is 1.32 bits per heavy atom. The fraction of sp³-hybridized carbons (Fsp3) is 0.870. The number of ether oxygens (including phenoxy) is 1. The Hall–Kier alpha value is -0.790. The summed E-state index contributed by atoms with van der Waals surface area (Å²) < 4.78 is 5.46. The molecule has 0 fully saturated rings. The summed E-state index contributed by atoms with van der Waals surface area (Å²) in [6.07, 6.45) is 24.0. The molecule has 0 aromatic carbocycles. The Balaban J connectivity index is 3.29. The number of esters is 1. The molecule has 2 nitrogen and oxygen atoms in total. The number of allylic oxidation sites excluding steroid dienone is 2. The van der Waals surface area contributed by atoms with Crippen molar-refractivity contribution in [1.82, 2.24) is 0 Å². The molecular weight excluding hydrogens is 308 g/mol. The van der Waals surface area contributed by atoms with Gasteiger partial charge in [-0.2, -0.15) is 0 Å². The van der Waals surface area contributed by atoms with Crippen molar-refractivity contribution in [2.45, 2.75) is 130 Å². The molecule has 0 amide bonds. The molecule has 0 rings (SSSR count). The summed E-state index contributed by atoms with van der Waals surface area (Å²) in [6.45, 7) is 6.43. The predicted octanol–water partition coefficient (Wildman–Crippen LogP) is 7.76. The molecule has 0 aromatic heterocycles. The Kier molecular flexibility index (Phi) is 18.9. The first-order chi connectivity index (χ1) is 12.2. The van der Waals surface area contributed by atoms with Crippen LogP contribution in [0.5, 0.6) is 0 Å². The van der Waals surface area contributed by atoms with Gasteiger partial charge in [0.2, 0.25) is 0 Å². The molecule has 25 heavy (non-hydrogen) atoms. The summed E-state index contributed by atoms with van der Waals surface area (Å²) in [4.78, 5) is 11.6. The number of carbonyl (C=O) groups is 1. The van der Waals surface area contributed by atoms with Gasteiger partial charge in [0.05, 0.1) is 6.10 Å². The lowest BCUT2D eigenvalue weighted by molar-refractivity contribution is -0.148. The summed E-state index contributed by atoms with van der Waals surface area (Å²) in [6, 6.07) is 0. The lowest BCUT2D eigenvalue weighted by atomic mass is 10.1. The zero-order valence-corrected chi connectivity index (χ0v) is 17.4. The molecule has 0 spiro atoms. The molecule has 0 N–H and O–H groups in total. The Morgan fingerprint density at radius 1 is 0.760 bits per heavy atom. The van der Waals surface area contributed by atoms with Crippen LogP contribution in [0.4, 0.5) is 0 Å². The largest absolute Gasteiger partial charge is 0.463 e. The Bertz CT molecular complexity index is 309. The fourth-order valence-corrected chi connectivity index (χ4v) is 3.00. The second kappa shape index (κ2) is 19.5. The summed E-state index contributed by atoms with van der Waals surface area (Å²) >= 11 is 0. The number of unbranched alkanes of at least 4 members (excludes halogenated alkanes) is 11. The van der Waals surface area contributed by atoms with Gasteiger partial charge in [-0.05, 0) is 45.4 Å². The third-order valence-corrected chi connectivity index (χ3v) is 4.69. The van der Waals surface area contributed by atoms with Crippen LogP contribution in [0.3, 0.4) is 0 Å². The molecule has 0 aliphatic heterocycles. The maximum atomic E-state index is 11.6. The number of hydrogen-bond acceptors (Lipinski definition) is 2. The van der Waals surface area contributed by atoms with E-state index in [-0.39, 0.29) is 12.1 Å². The lowest BCUT2D eigenvalue weighted by Gasteiger charge is -2.13. The zero-order chi connectivity index (χ0) is 18.6. The van der Waals surface area contributed by atoms with Crippen LogP contribution in [0.2, 0.25) is 0 Å². The highest BCUT2D eigenvalue weighted by Gasteiger charge is 2.08. The molecule has 0 unspecified atom stereocenters. The van der Waals surface area contributed by atoms with E-state index < -0.39 is 0 Å². The third-order valence-electron chi connectivity index (χ3n) is 4.69. The molecule has 0 saturated carbocycles. The molecule has 0 saturated heterocycles. The van der Waals surface area contributed by atoms with Gasteiger partial charge >= 0.3 is 5.97 Å². The van der Waals surface area contributed by atoms with E-state index in [4.69, 9.17) is 4.74 Å². The summed E-state index contributed by atoms with van der Waals surface area (Å²) in [7, 11) is 0. The van der Waals surface area contributed by atoms with Gasteiger partial charge in [-0.25, -0.2) is 0 Å². The van der Waals surface area contributed by atoms with Gasteiger partial charge in [0.25, 0.3) is 0 Å². The van der Waals surface area contributed by atoms with Crippen molar-refractivity contribution in [2.24, 2.45) is 0 Å². The second-order valence-electron chi connectivity index (χ2n) is 7.42. The average Bonchev–Trinajstić information content (AvgIpc) is 2.59. The van der Waals surface area contributed by atoms with Gasteiger partial charge in [-0.1, -0.05) is 83.8 Å². The quantitative estimate of drug-likeness (QED) is 0.143. The smallest absolute Gasteiger partial charge is 0.306 e. The normalized spacial score (nSPS) is 12.6. The number of carbonyl (C=O) groups excluding carboxylic acids is 1. The van der Waals surface area contributed by atoms with Gasteiger partial charge in [-0.3, -0.25) is 4.79 Å². The van der Waals surface area contributed by atoms with Crippen molar-refractivity contribution in [3.63, 3.8) is 0 Å². The topological polar surface area (TPSA) is 26.3 Å². The van der Waals surface area contributed by atoms with Crippen molar-refractivity contribution in [2.75, 3.05) is 0 Å². The first-order valence-corrected chi connectivity index (χ1v) is 11.0. The molecule has 0 bridgehead atoms. The maximum absolute atomic E-state index is 11.6. The predicted molar refractivity (Wildman–Crippen MR) is 110 cm³/mol. The maximum Gasteiger partial charge on any atom is 0.306 e. The van der Waals surface area contributed by atoms with E-state index in [2.05, 4.69) is 26.0 Å². The zero-order valence-electron chi connectivity index (χ0n) is 17.4. The Labute approximate surface area is 157 Å². The summed E-state index contributed by atoms with van der Waals surface area (Å²) in [5.41, 5.74) is 0. The van der Waals surface area contributed by atoms with E-state index in [9.17, 15) is 4.79 Å². The molecule has 0 aliphatic rings. The van der Waals surface area contributed by atoms with Crippen LogP contribution in [0.25, 0.3) is 0 Å². The minimum Gasteiger partial charge on any atom is -0.463 e. The van der Waals surface area contributed by atoms with Crippen molar-refractivity contribution < 1.29 is 9.53 Å². The van der Waals surface area contributed by atoms with Crippen molar-refractivity contribution in [1.29, 1.82) is 0 Å². The van der Waals surface area contributed by atoms with Crippen LogP contribution < -0.4 is 0 Å². The molecule has 2 heteroatoms. The first-order valence-electron chi connectivity index (χ1n) is 11.0. The molecular formula is C23H44O2. The standard InChI is InChI=1S/C23H44O2/c1-4-6-8-9-10-11-12-13-14-15-16-17-19-20-22(3)25-23(24)21-18-7-5-2/h9-10,22H,4-8,11-21H2,1-3H3/t22-/m1/s1. The van der Waals surface area contributed by atoms with Gasteiger partial charge in [0.1, 0.15) is 0 Å². The molecule has 0 radical (unpaired) electrons. The van der Waals surface area contributed by atoms with Crippen LogP contribution in [0, 0.1) is 0 Å². The average molecular weight is 353 g/mol. The monoisotopic (exact) mass is 352 g/mol. The van der Waals surface area contributed by atoms with E-state index in [0.29, 0.717) is 6.42 Å². The highest BCUT2D eigenvalue weighted by Crippen LogP contribution is 2.13. The van der Waals surface area contributed by atoms with E-state index >= 15 is 0 Å². The van der Waals surface area contributed by atoms with E-state index in [1.807, 2.05) is 6.92 Å². The molecule has 148 valence electrons. The van der Waals surface area contributed by atoms with Crippen LogP contribution in [-0.2, 0) is 9.53 Å². The SMILES string of the molecule is CCCCC=CCCCCCCCCC[C@@H](C)OC(=O)CCCCC. The Morgan fingerprint density at radius 3 is 1.96 bits per heavy atom. The van der Waals surface area contributed by atoms with E-state index in [1.165, 1.54) is 70.6 Å². The second-order valence-corrected chi connectivity index (χ2v) is 7.42. The minimum absolute atomic E-state index is 0.00954. The van der Waals surface area contributed by atoms with Crippen molar-refractivity contribution in [3.05, 3.63) is 12.2 Å². The van der Waals surface area contributed by atoms with Gasteiger partial charge < -0.3 is 4.74 Å². The molecule has 0 aromatic rings. The van der Waals surface area contributed by atoms with Crippen LogP contribution in [0.15, 0.2) is 12.2 Å². The van der Waals surface area contributed by atoms with E-state index in [1.54, 1.807) is 0 Å². The van der Waals surface area contributed by atoms with Crippen LogP contribution in [-0.4, -0.2) is 12.1 Å². The molecule has 0 heterocycles. The van der Waals surface area contributed by atoms with Gasteiger partial charge in [0, 0.05) is 6.42 Å². The third kappa shape index (κ3) is 19.4. The number of rotatable bonds is 18. The van der Waals surface area contributed by atoms with Gasteiger partial charge in [0.15, 0.2) is 0 Å². The highest BCUT2D eigenvalue weighted by molar-refractivity contribution is 5.69. The molecule has 1 atom stereocenters. The fourth-order valence-electron chi connectivity index (χ4n) is 3.00. The van der Waals surface area contributed by atoms with Gasteiger partial charge in [-0.15, -0.1) is 0 Å². The minimum atomic E-state index is -0.00954. The summed E-state index contributed by atoms with van der Waals surface area (Å²) in [5, 5.41) is 0. The van der Waals surface area contributed by atoms with Crippen molar-refractivity contribution in [3.8, 4) is 0 Å². The molecule has 0 aliphatic carbocycles.